The van der Waals surface area contributed by atoms with Crippen LogP contribution < -0.4 is 9.80 Å². The molecule has 1 aromatic heterocycles. The number of aromatic nitrogens is 1. The number of hydrogen-bond acceptors (Lipinski definition) is 4. The highest BCUT2D eigenvalue weighted by Gasteiger charge is 2.23. The summed E-state index contributed by atoms with van der Waals surface area (Å²) in [6.07, 6.45) is 2.02. The highest BCUT2D eigenvalue weighted by atomic mass is 32.2. The van der Waals surface area contributed by atoms with Crippen molar-refractivity contribution >= 4 is 44.4 Å². The van der Waals surface area contributed by atoms with Gasteiger partial charge in [0.25, 0.3) is 5.91 Å². The third-order valence-corrected chi connectivity index (χ3v) is 6.50. The molecule has 1 N–H and O–H groups in total. The number of anilines is 1. The second-order valence-electron chi connectivity index (χ2n) is 7.02. The van der Waals surface area contributed by atoms with Crippen molar-refractivity contribution in [2.75, 3.05) is 38.3 Å². The fourth-order valence-corrected chi connectivity index (χ4v) is 4.49. The third-order valence-electron chi connectivity index (χ3n) is 4.56. The van der Waals surface area contributed by atoms with Crippen molar-refractivity contribution in [2.24, 2.45) is 0 Å². The van der Waals surface area contributed by atoms with Crippen LogP contribution in [0.2, 0.25) is 0 Å². The zero-order valence-corrected chi connectivity index (χ0v) is 18.1. The number of benzene rings is 2. The molecule has 3 rings (SSSR count). The molecule has 0 spiro atoms. The lowest BCUT2D eigenvalue weighted by molar-refractivity contribution is -0.856. The number of aryl methyl sites for hydroxylation is 2. The number of rotatable bonds is 6. The second kappa shape index (κ2) is 8.42. The molecule has 0 atom stereocenters. The van der Waals surface area contributed by atoms with E-state index < -0.39 is 0 Å². The van der Waals surface area contributed by atoms with E-state index >= 15 is 0 Å². The Balaban J connectivity index is 2.04. The maximum Gasteiger partial charge on any atom is 0.260 e. The van der Waals surface area contributed by atoms with Gasteiger partial charge in [0.05, 0.1) is 37.4 Å². The maximum absolute atomic E-state index is 13.3. The highest BCUT2D eigenvalue weighted by Crippen LogP contribution is 2.33. The van der Waals surface area contributed by atoms with E-state index in [0.717, 1.165) is 32.4 Å². The van der Waals surface area contributed by atoms with Gasteiger partial charge in [0.2, 0.25) is 0 Å². The lowest BCUT2D eigenvalue weighted by Crippen LogP contribution is -3.06. The van der Waals surface area contributed by atoms with Crippen LogP contribution in [0.4, 0.5) is 5.13 Å². The Morgan fingerprint density at radius 3 is 2.59 bits per heavy atom. The second-order valence-corrected chi connectivity index (χ2v) is 8.88. The number of likely N-dealkylation sites (N-methyl/N-ethyl adjacent to an activating group) is 1. The molecule has 3 aromatic rings. The number of hydrogen-bond donors (Lipinski definition) is 1. The van der Waals surface area contributed by atoms with Crippen LogP contribution >= 0.6 is 23.1 Å². The van der Waals surface area contributed by atoms with Crippen LogP contribution in [-0.2, 0) is 0 Å². The Labute approximate surface area is 169 Å². The van der Waals surface area contributed by atoms with Gasteiger partial charge >= 0.3 is 0 Å². The summed E-state index contributed by atoms with van der Waals surface area (Å²) in [5.74, 6) is 0.0153. The van der Waals surface area contributed by atoms with E-state index in [1.165, 1.54) is 10.5 Å². The summed E-state index contributed by atoms with van der Waals surface area (Å²) in [6, 6.07) is 12.0. The molecule has 6 heteroatoms. The third kappa shape index (κ3) is 4.34. The average molecular weight is 401 g/mol. The zero-order chi connectivity index (χ0) is 19.6. The van der Waals surface area contributed by atoms with E-state index in [1.807, 2.05) is 35.4 Å². The van der Waals surface area contributed by atoms with E-state index in [1.54, 1.807) is 23.1 Å². The van der Waals surface area contributed by atoms with Crippen LogP contribution in [0.25, 0.3) is 10.2 Å². The molecule has 1 heterocycles. The van der Waals surface area contributed by atoms with Crippen molar-refractivity contribution in [3.63, 3.8) is 0 Å². The van der Waals surface area contributed by atoms with Crippen LogP contribution in [0, 0.1) is 13.8 Å². The molecule has 0 aliphatic heterocycles. The van der Waals surface area contributed by atoms with Crippen molar-refractivity contribution in [2.45, 2.75) is 18.7 Å². The monoisotopic (exact) mass is 400 g/mol. The van der Waals surface area contributed by atoms with Gasteiger partial charge in [0.1, 0.15) is 0 Å². The Morgan fingerprint density at radius 1 is 1.19 bits per heavy atom. The van der Waals surface area contributed by atoms with Crippen LogP contribution in [-0.4, -0.2) is 44.3 Å². The molecule has 0 saturated heterocycles. The predicted octanol–water partition coefficient (Wildman–Crippen LogP) is 3.43. The molecule has 142 valence electrons. The van der Waals surface area contributed by atoms with Gasteiger partial charge in [-0.05, 0) is 49.4 Å². The quantitative estimate of drug-likeness (QED) is 0.644. The number of amides is 1. The number of thiazole rings is 1. The Bertz CT molecular complexity index is 926. The number of carbonyl (C=O) groups is 1. The summed E-state index contributed by atoms with van der Waals surface area (Å²) in [5, 5.41) is 0.781. The Kier molecular flexibility index (Phi) is 6.19. The Hall–Kier alpha value is -1.89. The minimum Gasteiger partial charge on any atom is -0.338 e. The van der Waals surface area contributed by atoms with Gasteiger partial charge in [-0.15, -0.1) is 11.8 Å². The summed E-state index contributed by atoms with van der Waals surface area (Å²) >= 11 is 3.26. The van der Waals surface area contributed by atoms with E-state index in [-0.39, 0.29) is 5.91 Å². The standard InChI is InChI=1S/C21H25N3OS2/c1-14-9-10-15(2)19-18(14)22-21(27-19)24(12-11-23(3)4)20(25)16-7-6-8-17(13-16)26-5/h6-10,13H,11-12H2,1-5H3/p+1. The van der Waals surface area contributed by atoms with Crippen LogP contribution in [0.3, 0.4) is 0 Å². The SMILES string of the molecule is CSc1cccc(C(=O)N(CC[NH+](C)C)c2nc3c(C)ccc(C)c3s2)c1. The van der Waals surface area contributed by atoms with Gasteiger partial charge in [0, 0.05) is 10.5 Å². The first-order chi connectivity index (χ1) is 12.9. The van der Waals surface area contributed by atoms with Crippen molar-refractivity contribution in [3.05, 3.63) is 53.1 Å². The smallest absolute Gasteiger partial charge is 0.260 e. The normalized spacial score (nSPS) is 11.3. The van der Waals surface area contributed by atoms with Crippen molar-refractivity contribution in [1.82, 2.24) is 4.98 Å². The number of carbonyl (C=O) groups excluding carboxylic acids is 1. The van der Waals surface area contributed by atoms with E-state index in [2.05, 4.69) is 40.1 Å². The number of thioether (sulfide) groups is 1. The van der Waals surface area contributed by atoms with E-state index in [4.69, 9.17) is 4.98 Å². The first-order valence-electron chi connectivity index (χ1n) is 9.02. The van der Waals surface area contributed by atoms with Crippen molar-refractivity contribution in [3.8, 4) is 0 Å². The number of nitrogens with one attached hydrogen (secondary N) is 1. The summed E-state index contributed by atoms with van der Waals surface area (Å²) in [5.41, 5.74) is 4.06. The molecule has 0 bridgehead atoms. The first kappa shape index (κ1) is 19.9. The fraction of sp³-hybridized carbons (Fsp3) is 0.333. The van der Waals surface area contributed by atoms with Crippen LogP contribution in [0.1, 0.15) is 21.5 Å². The summed E-state index contributed by atoms with van der Waals surface area (Å²) < 4.78 is 1.16. The lowest BCUT2D eigenvalue weighted by atomic mass is 10.1. The molecule has 4 nitrogen and oxygen atoms in total. The summed E-state index contributed by atoms with van der Waals surface area (Å²) in [4.78, 5) is 22.4. The van der Waals surface area contributed by atoms with Crippen molar-refractivity contribution in [1.29, 1.82) is 0 Å². The molecule has 2 aromatic carbocycles. The molecule has 1 amide bonds. The van der Waals surface area contributed by atoms with E-state index in [9.17, 15) is 4.79 Å². The molecular weight excluding hydrogens is 374 g/mol. The highest BCUT2D eigenvalue weighted by molar-refractivity contribution is 7.98. The topological polar surface area (TPSA) is 37.6 Å². The fourth-order valence-electron chi connectivity index (χ4n) is 2.89. The molecule has 0 fully saturated rings. The Morgan fingerprint density at radius 2 is 1.93 bits per heavy atom. The number of nitrogens with zero attached hydrogens (tertiary/aromatic N) is 2. The van der Waals surface area contributed by atoms with Gasteiger partial charge in [-0.3, -0.25) is 9.69 Å². The van der Waals surface area contributed by atoms with Gasteiger partial charge in [-0.2, -0.15) is 0 Å². The van der Waals surface area contributed by atoms with Crippen LogP contribution in [0.15, 0.2) is 41.3 Å². The largest absolute Gasteiger partial charge is 0.338 e. The lowest BCUT2D eigenvalue weighted by Gasteiger charge is -2.21. The molecule has 0 aliphatic rings. The molecule has 0 radical (unpaired) electrons. The minimum absolute atomic E-state index is 0.0153. The van der Waals surface area contributed by atoms with Gasteiger partial charge in [-0.1, -0.05) is 29.5 Å². The number of fused-ring (bicyclic) bond motifs is 1. The summed E-state index contributed by atoms with van der Waals surface area (Å²) in [6.45, 7) is 5.68. The van der Waals surface area contributed by atoms with Gasteiger partial charge < -0.3 is 4.90 Å². The zero-order valence-electron chi connectivity index (χ0n) is 16.5. The molecule has 27 heavy (non-hydrogen) atoms. The molecule has 0 unspecified atom stereocenters. The maximum atomic E-state index is 13.3. The molecule has 0 aliphatic carbocycles. The minimum atomic E-state index is 0.0153. The van der Waals surface area contributed by atoms with E-state index in [0.29, 0.717) is 12.1 Å². The van der Waals surface area contributed by atoms with Crippen molar-refractivity contribution < 1.29 is 9.69 Å². The molecular formula is C21H26N3OS2+. The average Bonchev–Trinajstić information content (AvgIpc) is 3.11. The van der Waals surface area contributed by atoms with Crippen LogP contribution in [0.5, 0.6) is 0 Å². The number of quaternary nitrogens is 1. The predicted molar refractivity (Wildman–Crippen MR) is 117 cm³/mol. The summed E-state index contributed by atoms with van der Waals surface area (Å²) in [7, 11) is 4.20. The van der Waals surface area contributed by atoms with Gasteiger partial charge in [0.15, 0.2) is 5.13 Å². The van der Waals surface area contributed by atoms with Gasteiger partial charge in [-0.25, -0.2) is 4.98 Å². The first-order valence-corrected chi connectivity index (χ1v) is 11.1. The molecule has 0 saturated carbocycles.